The summed E-state index contributed by atoms with van der Waals surface area (Å²) in [5.74, 6) is 0.370. The molecular formula is C17H15FN2O2. The smallest absolute Gasteiger partial charge is 0.325 e. The molecule has 2 aromatic rings. The van der Waals surface area contributed by atoms with Crippen LogP contribution in [0.2, 0.25) is 0 Å². The van der Waals surface area contributed by atoms with Gasteiger partial charge in [-0.25, -0.2) is 9.18 Å². The monoisotopic (exact) mass is 298 g/mol. The van der Waals surface area contributed by atoms with Gasteiger partial charge < -0.3 is 10.1 Å². The van der Waals surface area contributed by atoms with Crippen LogP contribution in [0.4, 0.5) is 14.9 Å². The molecule has 22 heavy (non-hydrogen) atoms. The molecular weight excluding hydrogens is 283 g/mol. The predicted octanol–water partition coefficient (Wildman–Crippen LogP) is 3.60. The van der Waals surface area contributed by atoms with Crippen molar-refractivity contribution in [3.05, 3.63) is 59.9 Å². The number of carbonyl (C=O) groups is 1. The van der Waals surface area contributed by atoms with Crippen molar-refractivity contribution < 1.29 is 13.9 Å². The van der Waals surface area contributed by atoms with Crippen LogP contribution in [0.15, 0.2) is 48.5 Å². The van der Waals surface area contributed by atoms with E-state index in [2.05, 4.69) is 5.32 Å². The average Bonchev–Trinajstić information content (AvgIpc) is 2.46. The molecule has 112 valence electrons. The number of anilines is 1. The highest BCUT2D eigenvalue weighted by Gasteiger charge is 2.49. The van der Waals surface area contributed by atoms with Crippen LogP contribution in [0.25, 0.3) is 0 Å². The quantitative estimate of drug-likeness (QED) is 0.874. The van der Waals surface area contributed by atoms with Crippen molar-refractivity contribution in [1.82, 2.24) is 5.32 Å². The summed E-state index contributed by atoms with van der Waals surface area (Å²) in [6.45, 7) is 1.86. The molecule has 0 radical (unpaired) electrons. The number of rotatable bonds is 1. The van der Waals surface area contributed by atoms with Crippen molar-refractivity contribution in [2.45, 2.75) is 25.1 Å². The molecule has 1 N–H and O–H groups in total. The zero-order valence-electron chi connectivity index (χ0n) is 12.0. The molecule has 2 atom stereocenters. The molecule has 2 aromatic carbocycles. The molecule has 5 heteroatoms. The summed E-state index contributed by atoms with van der Waals surface area (Å²) in [6.07, 6.45) is 0.603. The SMILES string of the molecule is C[C@]12C[C@H](NC(=O)N1c1cccc(F)c1)c1ccccc1O2. The predicted molar refractivity (Wildman–Crippen MR) is 80.2 cm³/mol. The lowest BCUT2D eigenvalue weighted by molar-refractivity contribution is 0.0378. The molecule has 4 nitrogen and oxygen atoms in total. The fourth-order valence-corrected chi connectivity index (χ4v) is 3.33. The summed E-state index contributed by atoms with van der Waals surface area (Å²) in [4.78, 5) is 14.0. The Balaban J connectivity index is 1.82. The second kappa shape index (κ2) is 4.47. The number of fused-ring (bicyclic) bond motifs is 4. The number of hydrogen-bond acceptors (Lipinski definition) is 2. The summed E-state index contributed by atoms with van der Waals surface area (Å²) in [5, 5.41) is 2.98. The van der Waals surface area contributed by atoms with Gasteiger partial charge in [0.15, 0.2) is 5.72 Å². The van der Waals surface area contributed by atoms with Crippen LogP contribution in [-0.2, 0) is 0 Å². The summed E-state index contributed by atoms with van der Waals surface area (Å²) >= 11 is 0. The van der Waals surface area contributed by atoms with Crippen molar-refractivity contribution in [3.8, 4) is 5.75 Å². The van der Waals surface area contributed by atoms with Crippen LogP contribution in [0.5, 0.6) is 5.75 Å². The van der Waals surface area contributed by atoms with E-state index in [1.54, 1.807) is 12.1 Å². The maximum absolute atomic E-state index is 13.5. The molecule has 2 heterocycles. The number of nitrogens with zero attached hydrogens (tertiary/aromatic N) is 1. The lowest BCUT2D eigenvalue weighted by Gasteiger charge is -2.50. The molecule has 0 unspecified atom stereocenters. The van der Waals surface area contributed by atoms with Crippen LogP contribution in [0, 0.1) is 5.82 Å². The van der Waals surface area contributed by atoms with Crippen molar-refractivity contribution >= 4 is 11.7 Å². The number of hydrogen-bond donors (Lipinski definition) is 1. The van der Waals surface area contributed by atoms with Gasteiger partial charge in [0.25, 0.3) is 0 Å². The lowest BCUT2D eigenvalue weighted by Crippen LogP contribution is -2.65. The van der Waals surface area contributed by atoms with Crippen molar-refractivity contribution in [3.63, 3.8) is 0 Å². The molecule has 0 aliphatic carbocycles. The minimum Gasteiger partial charge on any atom is -0.467 e. The highest BCUT2D eigenvalue weighted by molar-refractivity contribution is 5.94. The number of carbonyl (C=O) groups excluding carboxylic acids is 1. The summed E-state index contributed by atoms with van der Waals surface area (Å²) in [7, 11) is 0. The van der Waals surface area contributed by atoms with Crippen molar-refractivity contribution in [2.75, 3.05) is 4.90 Å². The highest BCUT2D eigenvalue weighted by Crippen LogP contribution is 2.45. The Morgan fingerprint density at radius 1 is 1.27 bits per heavy atom. The maximum Gasteiger partial charge on any atom is 0.325 e. The van der Waals surface area contributed by atoms with E-state index in [-0.39, 0.29) is 17.9 Å². The second-order valence-corrected chi connectivity index (χ2v) is 5.84. The first kappa shape index (κ1) is 13.1. The van der Waals surface area contributed by atoms with E-state index in [0.29, 0.717) is 12.1 Å². The maximum atomic E-state index is 13.5. The molecule has 2 amide bonds. The second-order valence-electron chi connectivity index (χ2n) is 5.84. The van der Waals surface area contributed by atoms with Crippen molar-refractivity contribution in [2.24, 2.45) is 0 Å². The van der Waals surface area contributed by atoms with E-state index >= 15 is 0 Å². The molecule has 2 aliphatic heterocycles. The van der Waals surface area contributed by atoms with Gasteiger partial charge in [-0.2, -0.15) is 0 Å². The number of benzene rings is 2. The topological polar surface area (TPSA) is 41.6 Å². The van der Waals surface area contributed by atoms with Crippen LogP contribution in [0.1, 0.15) is 24.9 Å². The highest BCUT2D eigenvalue weighted by atomic mass is 19.1. The van der Waals surface area contributed by atoms with E-state index in [1.165, 1.54) is 17.0 Å². The zero-order valence-corrected chi connectivity index (χ0v) is 12.0. The molecule has 4 rings (SSSR count). The Kier molecular flexibility index (Phi) is 2.66. The molecule has 0 saturated carbocycles. The molecule has 1 saturated heterocycles. The third kappa shape index (κ3) is 1.85. The minimum absolute atomic E-state index is 0.0905. The van der Waals surface area contributed by atoms with Gasteiger partial charge in [0.05, 0.1) is 11.7 Å². The molecule has 2 aliphatic rings. The molecule has 0 aromatic heterocycles. The van der Waals surface area contributed by atoms with Gasteiger partial charge >= 0.3 is 6.03 Å². The van der Waals surface area contributed by atoms with Gasteiger partial charge in [-0.1, -0.05) is 24.3 Å². The van der Waals surface area contributed by atoms with Gasteiger partial charge in [-0.15, -0.1) is 0 Å². The Labute approximate surface area is 127 Å². The van der Waals surface area contributed by atoms with Crippen LogP contribution in [0.3, 0.4) is 0 Å². The van der Waals surface area contributed by atoms with Gasteiger partial charge in [-0.05, 0) is 31.2 Å². The van der Waals surface area contributed by atoms with Crippen LogP contribution < -0.4 is 15.0 Å². The van der Waals surface area contributed by atoms with Crippen LogP contribution >= 0.6 is 0 Å². The standard InChI is InChI=1S/C17H15FN2O2/c1-17-10-14(13-7-2-3-8-15(13)22-17)19-16(21)20(17)12-6-4-5-11(18)9-12/h2-9,14H,10H2,1H3,(H,19,21)/t14-,17-/m0/s1. The first-order chi connectivity index (χ1) is 10.6. The number of amides is 2. The van der Waals surface area contributed by atoms with Crippen LogP contribution in [-0.4, -0.2) is 11.8 Å². The van der Waals surface area contributed by atoms with Crippen molar-refractivity contribution in [1.29, 1.82) is 0 Å². The zero-order chi connectivity index (χ0) is 15.3. The van der Waals surface area contributed by atoms with E-state index in [1.807, 2.05) is 31.2 Å². The fourth-order valence-electron chi connectivity index (χ4n) is 3.33. The van der Waals surface area contributed by atoms with Gasteiger partial charge in [0.2, 0.25) is 0 Å². The first-order valence-electron chi connectivity index (χ1n) is 7.21. The van der Waals surface area contributed by atoms with E-state index in [4.69, 9.17) is 4.74 Å². The molecule has 1 fully saturated rings. The van der Waals surface area contributed by atoms with Gasteiger partial charge in [-0.3, -0.25) is 4.90 Å². The number of ether oxygens (including phenoxy) is 1. The van der Waals surface area contributed by atoms with E-state index < -0.39 is 5.72 Å². The van der Waals surface area contributed by atoms with Gasteiger partial charge in [0.1, 0.15) is 11.6 Å². The summed E-state index contributed by atoms with van der Waals surface area (Å²) in [5.41, 5.74) is 0.625. The normalized spacial score (nSPS) is 26.0. The third-order valence-corrected chi connectivity index (χ3v) is 4.25. The van der Waals surface area contributed by atoms with Gasteiger partial charge in [0, 0.05) is 12.0 Å². The Bertz CT molecular complexity index is 764. The third-order valence-electron chi connectivity index (χ3n) is 4.25. The first-order valence-corrected chi connectivity index (χ1v) is 7.21. The fraction of sp³-hybridized carbons (Fsp3) is 0.235. The number of nitrogens with one attached hydrogen (secondary N) is 1. The molecule has 0 spiro atoms. The number of urea groups is 1. The number of para-hydroxylation sites is 1. The summed E-state index contributed by atoms with van der Waals surface area (Å²) in [6, 6.07) is 13.3. The average molecular weight is 298 g/mol. The summed E-state index contributed by atoms with van der Waals surface area (Å²) < 4.78 is 19.6. The Hall–Kier alpha value is -2.56. The minimum atomic E-state index is -0.838. The van der Waals surface area contributed by atoms with E-state index in [0.717, 1.165) is 11.3 Å². The number of halogens is 1. The largest absolute Gasteiger partial charge is 0.467 e. The molecule has 2 bridgehead atoms. The Morgan fingerprint density at radius 3 is 2.91 bits per heavy atom. The Morgan fingerprint density at radius 2 is 2.09 bits per heavy atom. The lowest BCUT2D eigenvalue weighted by atomic mass is 9.90. The van der Waals surface area contributed by atoms with E-state index in [9.17, 15) is 9.18 Å².